The van der Waals surface area contributed by atoms with Crippen LogP contribution in [0.5, 0.6) is 0 Å². The molecule has 0 aromatic carbocycles. The van der Waals surface area contributed by atoms with Gasteiger partial charge in [0.25, 0.3) is 0 Å². The van der Waals surface area contributed by atoms with E-state index in [1.807, 2.05) is 0 Å². The highest BCUT2D eigenvalue weighted by molar-refractivity contribution is 5.55. The minimum absolute atomic E-state index is 0.584. The van der Waals surface area contributed by atoms with E-state index in [9.17, 15) is 4.79 Å². The maximum Gasteiger partial charge on any atom is 0.148 e. The minimum Gasteiger partial charge on any atom is -0.386 e. The molecule has 2 heteroatoms. The molecule has 0 aliphatic heterocycles. The van der Waals surface area contributed by atoms with Gasteiger partial charge < -0.3 is 9.90 Å². The summed E-state index contributed by atoms with van der Waals surface area (Å²) in [6.07, 6.45) is 5.84. The molecule has 82 valence electrons. The van der Waals surface area contributed by atoms with Gasteiger partial charge in [0.1, 0.15) is 12.4 Å². The van der Waals surface area contributed by atoms with Crippen LogP contribution in [0.2, 0.25) is 0 Å². The van der Waals surface area contributed by atoms with Crippen LogP contribution in [0.15, 0.2) is 11.6 Å². The Morgan fingerprint density at radius 1 is 1.29 bits per heavy atom. The zero-order valence-corrected chi connectivity index (χ0v) is 9.49. The van der Waals surface area contributed by atoms with Crippen LogP contribution in [0.3, 0.4) is 0 Å². The number of carbonyl (C=O) groups is 1. The Balaban J connectivity index is 3.50. The van der Waals surface area contributed by atoms with E-state index < -0.39 is 6.10 Å². The van der Waals surface area contributed by atoms with E-state index in [2.05, 4.69) is 26.8 Å². The van der Waals surface area contributed by atoms with Crippen LogP contribution in [-0.2, 0) is 4.79 Å². The molecule has 0 fully saturated rings. The Bertz CT molecular complexity index is 181. The molecule has 0 saturated carbocycles. The van der Waals surface area contributed by atoms with E-state index in [-0.39, 0.29) is 0 Å². The lowest BCUT2D eigenvalue weighted by atomic mass is 9.98. The summed E-state index contributed by atoms with van der Waals surface area (Å²) in [7, 11) is 0. The predicted molar refractivity (Wildman–Crippen MR) is 59.1 cm³/mol. The minimum atomic E-state index is -0.763. The largest absolute Gasteiger partial charge is 0.386 e. The quantitative estimate of drug-likeness (QED) is 0.504. The number of allylic oxidation sites excluding steroid dienone is 2. The number of aliphatic hydroxyl groups excluding tert-OH is 1. The van der Waals surface area contributed by atoms with Crippen LogP contribution in [-0.4, -0.2) is 17.5 Å². The van der Waals surface area contributed by atoms with E-state index in [0.717, 1.165) is 19.3 Å². The van der Waals surface area contributed by atoms with Gasteiger partial charge in [0.15, 0.2) is 0 Å². The van der Waals surface area contributed by atoms with Crippen molar-refractivity contribution in [1.82, 2.24) is 0 Å². The number of hydrogen-bond donors (Lipinski definition) is 1. The van der Waals surface area contributed by atoms with E-state index in [0.29, 0.717) is 18.6 Å². The highest BCUT2D eigenvalue weighted by atomic mass is 16.3. The van der Waals surface area contributed by atoms with E-state index in [4.69, 9.17) is 5.11 Å². The first kappa shape index (κ1) is 13.4. The number of carbonyl (C=O) groups excluding carboxylic acids is 1. The van der Waals surface area contributed by atoms with Crippen LogP contribution in [0.1, 0.15) is 46.5 Å². The maximum absolute atomic E-state index is 10.2. The highest BCUT2D eigenvalue weighted by Gasteiger charge is 2.05. The lowest BCUT2D eigenvalue weighted by Crippen LogP contribution is -2.09. The molecule has 0 bridgehead atoms. The first-order valence-electron chi connectivity index (χ1n) is 5.33. The Morgan fingerprint density at radius 2 is 1.93 bits per heavy atom. The molecule has 0 aromatic heterocycles. The van der Waals surface area contributed by atoms with Crippen molar-refractivity contribution in [2.45, 2.75) is 52.6 Å². The van der Waals surface area contributed by atoms with E-state index >= 15 is 0 Å². The van der Waals surface area contributed by atoms with Crippen LogP contribution in [0, 0.1) is 5.92 Å². The summed E-state index contributed by atoms with van der Waals surface area (Å²) < 4.78 is 0. The molecule has 0 aromatic rings. The van der Waals surface area contributed by atoms with Crippen molar-refractivity contribution in [2.75, 3.05) is 0 Å². The fraction of sp³-hybridized carbons (Fsp3) is 0.750. The van der Waals surface area contributed by atoms with Gasteiger partial charge in [-0.2, -0.15) is 0 Å². The van der Waals surface area contributed by atoms with Gasteiger partial charge >= 0.3 is 0 Å². The molecule has 0 saturated heterocycles. The second kappa shape index (κ2) is 7.74. The van der Waals surface area contributed by atoms with Crippen LogP contribution < -0.4 is 0 Å². The molecule has 0 aliphatic carbocycles. The molecule has 2 unspecified atom stereocenters. The summed E-state index contributed by atoms with van der Waals surface area (Å²) in [5, 5.41) is 9.04. The van der Waals surface area contributed by atoms with Crippen molar-refractivity contribution in [1.29, 1.82) is 0 Å². The van der Waals surface area contributed by atoms with Gasteiger partial charge in [-0.05, 0) is 45.4 Å². The summed E-state index contributed by atoms with van der Waals surface area (Å²) >= 11 is 0. The van der Waals surface area contributed by atoms with Gasteiger partial charge in [-0.1, -0.05) is 18.6 Å². The smallest absolute Gasteiger partial charge is 0.148 e. The summed E-state index contributed by atoms with van der Waals surface area (Å²) in [5.74, 6) is 0.584. The normalized spacial score (nSPS) is 14.6. The number of hydrogen-bond acceptors (Lipinski definition) is 2. The molecule has 0 amide bonds. The molecular formula is C12H22O2. The third-order valence-electron chi connectivity index (χ3n) is 2.32. The van der Waals surface area contributed by atoms with Gasteiger partial charge in [-0.3, -0.25) is 0 Å². The highest BCUT2D eigenvalue weighted by Crippen LogP contribution is 2.14. The van der Waals surface area contributed by atoms with Crippen LogP contribution in [0.25, 0.3) is 0 Å². The second-order valence-corrected chi connectivity index (χ2v) is 4.24. The Morgan fingerprint density at radius 3 is 2.43 bits per heavy atom. The fourth-order valence-corrected chi connectivity index (χ4v) is 1.32. The number of aliphatic hydroxyl groups is 1. The average Bonchev–Trinajstić information content (AvgIpc) is 2.13. The molecule has 0 rings (SSSR count). The maximum atomic E-state index is 10.2. The Hall–Kier alpha value is -0.630. The summed E-state index contributed by atoms with van der Waals surface area (Å²) in [5.41, 5.74) is 1.35. The third-order valence-corrected chi connectivity index (χ3v) is 2.32. The molecule has 0 spiro atoms. The lowest BCUT2D eigenvalue weighted by molar-refractivity contribution is -0.115. The van der Waals surface area contributed by atoms with Gasteiger partial charge in [-0.15, -0.1) is 0 Å². The van der Waals surface area contributed by atoms with E-state index in [1.165, 1.54) is 5.57 Å². The van der Waals surface area contributed by atoms with Crippen molar-refractivity contribution < 1.29 is 9.90 Å². The number of aldehydes is 1. The average molecular weight is 198 g/mol. The molecule has 0 heterocycles. The topological polar surface area (TPSA) is 37.3 Å². The summed E-state index contributed by atoms with van der Waals surface area (Å²) in [6.45, 7) is 6.36. The monoisotopic (exact) mass is 198 g/mol. The first-order valence-corrected chi connectivity index (χ1v) is 5.33. The zero-order chi connectivity index (χ0) is 11.0. The standard InChI is InChI=1S/C12H22O2/c1-10(2)5-4-6-11(3)7-8-12(14)9-13/h5,9,11-12,14H,4,6-8H2,1-3H3. The molecule has 0 aliphatic rings. The van der Waals surface area contributed by atoms with Crippen molar-refractivity contribution in [3.63, 3.8) is 0 Å². The fourth-order valence-electron chi connectivity index (χ4n) is 1.32. The van der Waals surface area contributed by atoms with Crippen LogP contribution >= 0.6 is 0 Å². The molecule has 2 atom stereocenters. The van der Waals surface area contributed by atoms with Crippen LogP contribution in [0.4, 0.5) is 0 Å². The SMILES string of the molecule is CC(C)=CCCC(C)CCC(O)C=O. The van der Waals surface area contributed by atoms with Crippen molar-refractivity contribution >= 4 is 6.29 Å². The molecule has 1 N–H and O–H groups in total. The summed E-state index contributed by atoms with van der Waals surface area (Å²) in [4.78, 5) is 10.2. The predicted octanol–water partition coefficient (Wildman–Crippen LogP) is 2.71. The van der Waals surface area contributed by atoms with Crippen molar-refractivity contribution in [3.8, 4) is 0 Å². The molecule has 0 radical (unpaired) electrons. The number of rotatable bonds is 7. The Kier molecular flexibility index (Phi) is 7.40. The molecule has 14 heavy (non-hydrogen) atoms. The second-order valence-electron chi connectivity index (χ2n) is 4.24. The molecule has 2 nitrogen and oxygen atoms in total. The van der Waals surface area contributed by atoms with Gasteiger partial charge in [0, 0.05) is 0 Å². The molecular weight excluding hydrogens is 176 g/mol. The van der Waals surface area contributed by atoms with Gasteiger partial charge in [0.2, 0.25) is 0 Å². The third kappa shape index (κ3) is 7.99. The Labute approximate surface area is 87.0 Å². The lowest BCUT2D eigenvalue weighted by Gasteiger charge is -2.10. The van der Waals surface area contributed by atoms with Crippen molar-refractivity contribution in [2.24, 2.45) is 5.92 Å². The van der Waals surface area contributed by atoms with Crippen molar-refractivity contribution in [3.05, 3.63) is 11.6 Å². The zero-order valence-electron chi connectivity index (χ0n) is 9.49. The van der Waals surface area contributed by atoms with Gasteiger partial charge in [0.05, 0.1) is 0 Å². The summed E-state index contributed by atoms with van der Waals surface area (Å²) in [6, 6.07) is 0. The van der Waals surface area contributed by atoms with E-state index in [1.54, 1.807) is 0 Å². The first-order chi connectivity index (χ1) is 6.56. The van der Waals surface area contributed by atoms with Gasteiger partial charge in [-0.25, -0.2) is 0 Å².